The van der Waals surface area contributed by atoms with Gasteiger partial charge in [-0.3, -0.25) is 4.79 Å². The van der Waals surface area contributed by atoms with Crippen LogP contribution in [0.4, 0.5) is 5.95 Å². The summed E-state index contributed by atoms with van der Waals surface area (Å²) < 4.78 is 1.02. The summed E-state index contributed by atoms with van der Waals surface area (Å²) in [6.07, 6.45) is 0. The van der Waals surface area contributed by atoms with Crippen molar-refractivity contribution in [2.24, 2.45) is 0 Å². The fourth-order valence-corrected chi connectivity index (χ4v) is 3.49. The van der Waals surface area contributed by atoms with Gasteiger partial charge in [-0.05, 0) is 42.3 Å². The van der Waals surface area contributed by atoms with E-state index in [1.807, 2.05) is 37.3 Å². The summed E-state index contributed by atoms with van der Waals surface area (Å²) in [6, 6.07) is 11.8. The molecule has 0 saturated carbocycles. The molecule has 0 atom stereocenters. The third-order valence-electron chi connectivity index (χ3n) is 4.25. The maximum atomic E-state index is 13.0. The number of benzene rings is 2. The monoisotopic (exact) mass is 382 g/mol. The molecule has 0 saturated heterocycles. The van der Waals surface area contributed by atoms with Crippen molar-refractivity contribution in [3.8, 4) is 0 Å². The summed E-state index contributed by atoms with van der Waals surface area (Å²) >= 11 is 3.48. The SMILES string of the molecule is Cc1ccc2nc(N)nc(C(=O)N3Cc4ccc(Br)cc4C3)c2c1. The van der Waals surface area contributed by atoms with Crippen LogP contribution in [-0.4, -0.2) is 20.8 Å². The summed E-state index contributed by atoms with van der Waals surface area (Å²) in [7, 11) is 0. The van der Waals surface area contributed by atoms with Crippen molar-refractivity contribution in [2.45, 2.75) is 20.0 Å². The van der Waals surface area contributed by atoms with Crippen molar-refractivity contribution in [3.63, 3.8) is 0 Å². The van der Waals surface area contributed by atoms with Crippen molar-refractivity contribution >= 4 is 38.7 Å². The molecule has 0 aliphatic carbocycles. The summed E-state index contributed by atoms with van der Waals surface area (Å²) in [4.78, 5) is 23.3. The van der Waals surface area contributed by atoms with Gasteiger partial charge in [-0.25, -0.2) is 9.97 Å². The number of nitrogens with two attached hydrogens (primary N) is 1. The second-order valence-electron chi connectivity index (χ2n) is 6.03. The van der Waals surface area contributed by atoms with Gasteiger partial charge in [0.05, 0.1) is 5.52 Å². The summed E-state index contributed by atoms with van der Waals surface area (Å²) in [5, 5.41) is 0.742. The molecule has 1 amide bonds. The van der Waals surface area contributed by atoms with Gasteiger partial charge in [0.25, 0.3) is 5.91 Å². The molecule has 0 radical (unpaired) electrons. The number of halogens is 1. The van der Waals surface area contributed by atoms with Crippen molar-refractivity contribution in [3.05, 3.63) is 63.3 Å². The van der Waals surface area contributed by atoms with E-state index in [1.54, 1.807) is 4.90 Å². The van der Waals surface area contributed by atoms with Gasteiger partial charge in [0, 0.05) is 22.9 Å². The topological polar surface area (TPSA) is 72.1 Å². The minimum atomic E-state index is -0.118. The molecule has 120 valence electrons. The van der Waals surface area contributed by atoms with E-state index in [0.717, 1.165) is 26.5 Å². The van der Waals surface area contributed by atoms with E-state index >= 15 is 0 Å². The zero-order chi connectivity index (χ0) is 16.8. The number of hydrogen-bond donors (Lipinski definition) is 1. The van der Waals surface area contributed by atoms with Crippen LogP contribution in [0.15, 0.2) is 40.9 Å². The van der Waals surface area contributed by atoms with Crippen LogP contribution < -0.4 is 5.73 Å². The highest BCUT2D eigenvalue weighted by Gasteiger charge is 2.27. The number of nitrogen functional groups attached to an aromatic ring is 1. The normalized spacial score (nSPS) is 13.3. The van der Waals surface area contributed by atoms with Crippen LogP contribution in [0.5, 0.6) is 0 Å². The molecule has 5 nitrogen and oxygen atoms in total. The van der Waals surface area contributed by atoms with Gasteiger partial charge in [0.2, 0.25) is 5.95 Å². The minimum absolute atomic E-state index is 0.118. The first-order chi connectivity index (χ1) is 11.5. The Morgan fingerprint density at radius 2 is 1.92 bits per heavy atom. The Bertz CT molecular complexity index is 986. The van der Waals surface area contributed by atoms with Crippen LogP contribution in [0.2, 0.25) is 0 Å². The molecular formula is C18H15BrN4O. The number of nitrogens with zero attached hydrogens (tertiary/aromatic N) is 3. The van der Waals surface area contributed by atoms with Crippen LogP contribution in [0, 0.1) is 6.92 Å². The number of carbonyl (C=O) groups is 1. The Balaban J connectivity index is 1.76. The van der Waals surface area contributed by atoms with E-state index in [2.05, 4.69) is 32.0 Å². The lowest BCUT2D eigenvalue weighted by Gasteiger charge is -2.16. The molecule has 0 spiro atoms. The van der Waals surface area contributed by atoms with Crippen LogP contribution in [0.1, 0.15) is 27.2 Å². The van der Waals surface area contributed by atoms with Crippen molar-refractivity contribution < 1.29 is 4.79 Å². The number of aromatic nitrogens is 2. The molecule has 0 bridgehead atoms. The average Bonchev–Trinajstić information content (AvgIpc) is 2.97. The Morgan fingerprint density at radius 3 is 2.75 bits per heavy atom. The van der Waals surface area contributed by atoms with Gasteiger partial charge in [0.15, 0.2) is 0 Å². The standard InChI is InChI=1S/C18H15BrN4O/c1-10-2-5-15-14(6-10)16(22-18(20)21-15)17(24)23-8-11-3-4-13(19)7-12(11)9-23/h2-7H,8-9H2,1H3,(H2,20,21,22). The van der Waals surface area contributed by atoms with Crippen LogP contribution in [0.3, 0.4) is 0 Å². The fraction of sp³-hybridized carbons (Fsp3) is 0.167. The molecular weight excluding hydrogens is 368 g/mol. The number of fused-ring (bicyclic) bond motifs is 2. The highest BCUT2D eigenvalue weighted by atomic mass is 79.9. The Labute approximate surface area is 147 Å². The number of amides is 1. The van der Waals surface area contributed by atoms with Gasteiger partial charge >= 0.3 is 0 Å². The van der Waals surface area contributed by atoms with Gasteiger partial charge in [0.1, 0.15) is 5.69 Å². The number of carbonyl (C=O) groups excluding carboxylic acids is 1. The molecule has 0 unspecified atom stereocenters. The van der Waals surface area contributed by atoms with Gasteiger partial charge in [-0.15, -0.1) is 0 Å². The lowest BCUT2D eigenvalue weighted by Crippen LogP contribution is -2.27. The molecule has 2 aromatic carbocycles. The first-order valence-electron chi connectivity index (χ1n) is 7.62. The van der Waals surface area contributed by atoms with Crippen molar-refractivity contribution in [1.29, 1.82) is 0 Å². The Kier molecular flexibility index (Phi) is 3.49. The predicted octanol–water partition coefficient (Wildman–Crippen LogP) is 3.44. The molecule has 2 N–H and O–H groups in total. The maximum absolute atomic E-state index is 13.0. The van der Waals surface area contributed by atoms with Gasteiger partial charge in [-0.2, -0.15) is 0 Å². The van der Waals surface area contributed by atoms with Gasteiger partial charge < -0.3 is 10.6 Å². The van der Waals surface area contributed by atoms with E-state index in [4.69, 9.17) is 5.73 Å². The van der Waals surface area contributed by atoms with Crippen molar-refractivity contribution in [2.75, 3.05) is 5.73 Å². The molecule has 6 heteroatoms. The molecule has 3 aromatic rings. The third kappa shape index (κ3) is 2.53. The van der Waals surface area contributed by atoms with E-state index in [-0.39, 0.29) is 11.9 Å². The van der Waals surface area contributed by atoms with Crippen molar-refractivity contribution in [1.82, 2.24) is 14.9 Å². The Hall–Kier alpha value is -2.47. The molecule has 0 fully saturated rings. The second kappa shape index (κ2) is 5.56. The van der Waals surface area contributed by atoms with Crippen LogP contribution in [0.25, 0.3) is 10.9 Å². The number of anilines is 1. The summed E-state index contributed by atoms with van der Waals surface area (Å²) in [5.41, 5.74) is 10.2. The zero-order valence-electron chi connectivity index (χ0n) is 13.1. The minimum Gasteiger partial charge on any atom is -0.368 e. The lowest BCUT2D eigenvalue weighted by atomic mass is 10.1. The van der Waals surface area contributed by atoms with Crippen LogP contribution in [-0.2, 0) is 13.1 Å². The molecule has 4 rings (SSSR count). The maximum Gasteiger partial charge on any atom is 0.273 e. The smallest absolute Gasteiger partial charge is 0.273 e. The number of rotatable bonds is 1. The molecule has 1 aromatic heterocycles. The molecule has 1 aliphatic rings. The van der Waals surface area contributed by atoms with E-state index < -0.39 is 0 Å². The van der Waals surface area contributed by atoms with Gasteiger partial charge in [-0.1, -0.05) is 33.6 Å². The average molecular weight is 383 g/mol. The highest BCUT2D eigenvalue weighted by Crippen LogP contribution is 2.28. The summed E-state index contributed by atoms with van der Waals surface area (Å²) in [5.74, 6) is 0.00109. The number of aryl methyl sites for hydroxylation is 1. The quantitative estimate of drug-likeness (QED) is 0.699. The predicted molar refractivity (Wildman–Crippen MR) is 96.4 cm³/mol. The molecule has 24 heavy (non-hydrogen) atoms. The first kappa shape index (κ1) is 15.1. The third-order valence-corrected chi connectivity index (χ3v) is 4.74. The second-order valence-corrected chi connectivity index (χ2v) is 6.94. The van der Waals surface area contributed by atoms with Crippen LogP contribution >= 0.6 is 15.9 Å². The fourth-order valence-electron chi connectivity index (χ4n) is 3.08. The molecule has 1 aliphatic heterocycles. The van der Waals surface area contributed by atoms with E-state index in [9.17, 15) is 4.79 Å². The highest BCUT2D eigenvalue weighted by molar-refractivity contribution is 9.10. The largest absolute Gasteiger partial charge is 0.368 e. The van der Waals surface area contributed by atoms with E-state index in [1.165, 1.54) is 0 Å². The molecule has 2 heterocycles. The van der Waals surface area contributed by atoms with E-state index in [0.29, 0.717) is 24.3 Å². The zero-order valence-corrected chi connectivity index (χ0v) is 14.7. The lowest BCUT2D eigenvalue weighted by molar-refractivity contribution is 0.0747. The Morgan fingerprint density at radius 1 is 1.12 bits per heavy atom. The number of hydrogen-bond acceptors (Lipinski definition) is 4. The first-order valence-corrected chi connectivity index (χ1v) is 8.41. The summed E-state index contributed by atoms with van der Waals surface area (Å²) in [6.45, 7) is 3.14.